The fourth-order valence-electron chi connectivity index (χ4n) is 5.64. The molecule has 1 aliphatic heterocycles. The number of hydrogen-bond acceptors (Lipinski definition) is 5. The van der Waals surface area contributed by atoms with Crippen LogP contribution >= 0.6 is 0 Å². The van der Waals surface area contributed by atoms with Gasteiger partial charge < -0.3 is 9.84 Å². The molecule has 2 aromatic heterocycles. The van der Waals surface area contributed by atoms with E-state index < -0.39 is 0 Å². The largest absolute Gasteiger partial charge is 0.506 e. The minimum absolute atomic E-state index is 0.198. The van der Waals surface area contributed by atoms with Gasteiger partial charge in [-0.05, 0) is 59.0 Å². The van der Waals surface area contributed by atoms with E-state index in [0.29, 0.717) is 17.2 Å². The summed E-state index contributed by atoms with van der Waals surface area (Å²) in [6.07, 6.45) is 1.75. The maximum atomic E-state index is 10.7. The molecule has 0 saturated carbocycles. The predicted octanol–water partition coefficient (Wildman–Crippen LogP) is 8.24. The van der Waals surface area contributed by atoms with Gasteiger partial charge in [0.1, 0.15) is 22.8 Å². The third-order valence-corrected chi connectivity index (χ3v) is 7.70. The molecule has 5 aromatic rings. The van der Waals surface area contributed by atoms with Crippen molar-refractivity contribution in [2.75, 3.05) is 12.0 Å². The van der Waals surface area contributed by atoms with Gasteiger partial charge in [-0.15, -0.1) is 0 Å². The van der Waals surface area contributed by atoms with Crippen LogP contribution in [0.2, 0.25) is 0 Å². The summed E-state index contributed by atoms with van der Waals surface area (Å²) in [4.78, 5) is 11.9. The molecule has 190 valence electrons. The summed E-state index contributed by atoms with van der Waals surface area (Å²) in [6, 6.07) is 26.8. The number of methoxy groups -OCH3 is 1. The smallest absolute Gasteiger partial charge is 0.141 e. The van der Waals surface area contributed by atoms with Gasteiger partial charge in [-0.2, -0.15) is 0 Å². The summed E-state index contributed by atoms with van der Waals surface area (Å²) < 4.78 is 5.36. The number of hydrogen-bond donors (Lipinski definition) is 1. The standard InChI is InChI=1S/C33H31N3O2/c1-20(2)23-13-16-30(37)32-24(23)12-15-27(35-32)21-10-14-26-29(18-21)36(31-17-11-22(38-5)19-34-31)28-9-7-6-8-25(28)33(26,3)4/h6-20,37H,1-5H3. The van der Waals surface area contributed by atoms with Crippen molar-refractivity contribution < 1.29 is 9.84 Å². The van der Waals surface area contributed by atoms with Crippen LogP contribution in [0, 0.1) is 0 Å². The fraction of sp³-hybridized carbons (Fsp3) is 0.212. The van der Waals surface area contributed by atoms with Crippen LogP contribution in [0.4, 0.5) is 17.2 Å². The highest BCUT2D eigenvalue weighted by Gasteiger charge is 2.37. The van der Waals surface area contributed by atoms with Crippen LogP contribution in [0.3, 0.4) is 0 Å². The summed E-state index contributed by atoms with van der Waals surface area (Å²) in [5.41, 5.74) is 8.02. The van der Waals surface area contributed by atoms with E-state index in [1.54, 1.807) is 19.4 Å². The zero-order valence-corrected chi connectivity index (χ0v) is 22.4. The number of rotatable bonds is 4. The molecule has 5 heteroatoms. The number of phenolic OH excluding ortho intramolecular Hbond substituents is 1. The van der Waals surface area contributed by atoms with Gasteiger partial charge in [0.05, 0.1) is 30.4 Å². The maximum Gasteiger partial charge on any atom is 0.141 e. The highest BCUT2D eigenvalue weighted by atomic mass is 16.5. The molecule has 0 bridgehead atoms. The van der Waals surface area contributed by atoms with Crippen molar-refractivity contribution in [3.63, 3.8) is 0 Å². The van der Waals surface area contributed by atoms with Gasteiger partial charge in [0.25, 0.3) is 0 Å². The maximum absolute atomic E-state index is 10.7. The molecule has 0 saturated heterocycles. The van der Waals surface area contributed by atoms with Crippen LogP contribution in [-0.2, 0) is 5.41 Å². The molecule has 3 aromatic carbocycles. The Morgan fingerprint density at radius 2 is 1.66 bits per heavy atom. The Bertz CT molecular complexity index is 1670. The van der Waals surface area contributed by atoms with Gasteiger partial charge in [-0.1, -0.05) is 70.2 Å². The molecule has 1 N–H and O–H groups in total. The van der Waals surface area contributed by atoms with Gasteiger partial charge in [0.2, 0.25) is 0 Å². The molecule has 0 amide bonds. The first-order valence-corrected chi connectivity index (χ1v) is 13.0. The van der Waals surface area contributed by atoms with Crippen molar-refractivity contribution in [2.24, 2.45) is 0 Å². The number of aromatic hydroxyl groups is 1. The minimum Gasteiger partial charge on any atom is -0.506 e. The summed E-state index contributed by atoms with van der Waals surface area (Å²) >= 11 is 0. The monoisotopic (exact) mass is 501 g/mol. The van der Waals surface area contributed by atoms with Gasteiger partial charge in [0.15, 0.2) is 0 Å². The lowest BCUT2D eigenvalue weighted by Gasteiger charge is -2.41. The first kappa shape index (κ1) is 24.0. The quantitative estimate of drug-likeness (QED) is 0.269. The normalized spacial score (nSPS) is 13.9. The van der Waals surface area contributed by atoms with E-state index in [-0.39, 0.29) is 11.2 Å². The number of anilines is 3. The zero-order valence-electron chi connectivity index (χ0n) is 22.4. The zero-order chi connectivity index (χ0) is 26.6. The number of aromatic nitrogens is 2. The summed E-state index contributed by atoms with van der Waals surface area (Å²) in [6.45, 7) is 8.85. The average Bonchev–Trinajstić information content (AvgIpc) is 2.93. The Morgan fingerprint density at radius 3 is 2.39 bits per heavy atom. The number of ether oxygens (including phenoxy) is 1. The molecule has 0 radical (unpaired) electrons. The van der Waals surface area contributed by atoms with E-state index in [1.807, 2.05) is 24.3 Å². The highest BCUT2D eigenvalue weighted by molar-refractivity contribution is 5.91. The van der Waals surface area contributed by atoms with Gasteiger partial charge in [-0.3, -0.25) is 4.90 Å². The molecular weight excluding hydrogens is 470 g/mol. The molecular formula is C33H31N3O2. The van der Waals surface area contributed by atoms with Gasteiger partial charge in [0, 0.05) is 16.4 Å². The Hall–Kier alpha value is -4.38. The van der Waals surface area contributed by atoms with Crippen molar-refractivity contribution in [1.82, 2.24) is 9.97 Å². The van der Waals surface area contributed by atoms with Crippen LogP contribution in [0.15, 0.2) is 85.1 Å². The Labute approximate surface area is 223 Å². The van der Waals surface area contributed by atoms with Crippen molar-refractivity contribution in [2.45, 2.75) is 39.0 Å². The van der Waals surface area contributed by atoms with E-state index in [4.69, 9.17) is 14.7 Å². The topological polar surface area (TPSA) is 58.5 Å². The van der Waals surface area contributed by atoms with Crippen molar-refractivity contribution in [3.8, 4) is 22.8 Å². The van der Waals surface area contributed by atoms with Gasteiger partial charge >= 0.3 is 0 Å². The van der Waals surface area contributed by atoms with Crippen molar-refractivity contribution in [1.29, 1.82) is 0 Å². The molecule has 0 atom stereocenters. The van der Waals surface area contributed by atoms with E-state index in [1.165, 1.54) is 16.7 Å². The molecule has 5 nitrogen and oxygen atoms in total. The molecule has 1 aliphatic rings. The van der Waals surface area contributed by atoms with E-state index in [0.717, 1.165) is 33.8 Å². The summed E-state index contributed by atoms with van der Waals surface area (Å²) in [5, 5.41) is 11.6. The van der Waals surface area contributed by atoms with Crippen LogP contribution in [0.25, 0.3) is 22.2 Å². The number of fused-ring (bicyclic) bond motifs is 3. The third-order valence-electron chi connectivity index (χ3n) is 7.70. The summed E-state index contributed by atoms with van der Waals surface area (Å²) in [5.74, 6) is 2.07. The lowest BCUT2D eigenvalue weighted by Crippen LogP contribution is -2.30. The second-order valence-electron chi connectivity index (χ2n) is 10.7. The van der Waals surface area contributed by atoms with Crippen LogP contribution < -0.4 is 9.64 Å². The SMILES string of the molecule is COc1ccc(N2c3ccccc3C(C)(C)c3ccc(-c4ccc5c(C(C)C)ccc(O)c5n4)cc32)nc1. The van der Waals surface area contributed by atoms with Crippen molar-refractivity contribution in [3.05, 3.63) is 102 Å². The number of phenols is 1. The fourth-order valence-corrected chi connectivity index (χ4v) is 5.64. The number of pyridine rings is 2. The molecule has 38 heavy (non-hydrogen) atoms. The third kappa shape index (κ3) is 3.69. The summed E-state index contributed by atoms with van der Waals surface area (Å²) in [7, 11) is 1.65. The molecule has 0 aliphatic carbocycles. The number of nitrogens with zero attached hydrogens (tertiary/aromatic N) is 3. The lowest BCUT2D eigenvalue weighted by atomic mass is 9.73. The molecule has 3 heterocycles. The van der Waals surface area contributed by atoms with Gasteiger partial charge in [-0.25, -0.2) is 9.97 Å². The van der Waals surface area contributed by atoms with Crippen LogP contribution in [-0.4, -0.2) is 22.2 Å². The molecule has 0 spiro atoms. The van der Waals surface area contributed by atoms with Crippen LogP contribution in [0.5, 0.6) is 11.5 Å². The molecule has 6 rings (SSSR count). The Kier molecular flexibility index (Phi) is 5.60. The molecule has 0 unspecified atom stereocenters. The number of benzene rings is 3. The molecule has 0 fully saturated rings. The van der Waals surface area contributed by atoms with Crippen LogP contribution in [0.1, 0.15) is 50.3 Å². The van der Waals surface area contributed by atoms with Crippen molar-refractivity contribution >= 4 is 28.1 Å². The second kappa shape index (κ2) is 8.88. The first-order chi connectivity index (χ1) is 18.3. The number of para-hydroxylation sites is 1. The van der Waals surface area contributed by atoms with E-state index in [9.17, 15) is 5.11 Å². The Morgan fingerprint density at radius 1 is 0.868 bits per heavy atom. The first-order valence-electron chi connectivity index (χ1n) is 13.0. The highest BCUT2D eigenvalue weighted by Crippen LogP contribution is 2.52. The second-order valence-corrected chi connectivity index (χ2v) is 10.7. The minimum atomic E-state index is -0.200. The predicted molar refractivity (Wildman–Crippen MR) is 154 cm³/mol. The lowest BCUT2D eigenvalue weighted by molar-refractivity contribution is 0.413. The Balaban J connectivity index is 1.56. The van der Waals surface area contributed by atoms with E-state index in [2.05, 4.69) is 81.1 Å². The van der Waals surface area contributed by atoms with E-state index >= 15 is 0 Å². The average molecular weight is 502 g/mol.